The van der Waals surface area contributed by atoms with E-state index in [0.29, 0.717) is 22.9 Å². The second-order valence-electron chi connectivity index (χ2n) is 10.1. The number of sulfonamides is 1. The van der Waals surface area contributed by atoms with Crippen molar-refractivity contribution in [3.05, 3.63) is 94.0 Å². The van der Waals surface area contributed by atoms with Crippen molar-refractivity contribution >= 4 is 50.7 Å². The highest BCUT2D eigenvalue weighted by Crippen LogP contribution is 2.31. The normalized spacial score (nSPS) is 12.1. The van der Waals surface area contributed by atoms with E-state index in [2.05, 4.69) is 5.32 Å². The molecule has 0 saturated carbocycles. The first-order chi connectivity index (χ1) is 19.4. The summed E-state index contributed by atoms with van der Waals surface area (Å²) in [6.45, 7) is 3.83. The maximum atomic E-state index is 14.1. The Morgan fingerprint density at radius 2 is 1.63 bits per heavy atom. The van der Waals surface area contributed by atoms with Gasteiger partial charge in [0.05, 0.1) is 24.1 Å². The van der Waals surface area contributed by atoms with Gasteiger partial charge in [0.25, 0.3) is 0 Å². The monoisotopic (exact) mass is 619 g/mol. The van der Waals surface area contributed by atoms with Gasteiger partial charge in [-0.3, -0.25) is 13.9 Å². The number of ether oxygens (including phenoxy) is 1. The molecule has 3 aromatic rings. The summed E-state index contributed by atoms with van der Waals surface area (Å²) in [5.41, 5.74) is 1.67. The molecule has 0 radical (unpaired) electrons. The van der Waals surface area contributed by atoms with Gasteiger partial charge in [-0.1, -0.05) is 79.5 Å². The molecule has 0 heterocycles. The molecular formula is C30H35Cl2N3O5S. The predicted molar refractivity (Wildman–Crippen MR) is 164 cm³/mol. The molecule has 0 fully saturated rings. The molecule has 2 amide bonds. The van der Waals surface area contributed by atoms with Crippen molar-refractivity contribution in [3.8, 4) is 5.75 Å². The largest absolute Gasteiger partial charge is 0.497 e. The van der Waals surface area contributed by atoms with Crippen molar-refractivity contribution in [2.75, 3.05) is 30.8 Å². The van der Waals surface area contributed by atoms with Crippen LogP contribution in [0.3, 0.4) is 0 Å². The molecule has 0 aliphatic rings. The fraction of sp³-hybridized carbons (Fsp3) is 0.333. The first-order valence-electron chi connectivity index (χ1n) is 13.1. The Morgan fingerprint density at radius 3 is 2.24 bits per heavy atom. The Bertz CT molecular complexity index is 1450. The average Bonchev–Trinajstić information content (AvgIpc) is 2.92. The van der Waals surface area contributed by atoms with Crippen LogP contribution in [0.4, 0.5) is 5.69 Å². The minimum atomic E-state index is -3.95. The highest BCUT2D eigenvalue weighted by Gasteiger charge is 2.33. The third-order valence-electron chi connectivity index (χ3n) is 6.30. The third kappa shape index (κ3) is 9.38. The second kappa shape index (κ2) is 14.6. The first kappa shape index (κ1) is 32.2. The summed E-state index contributed by atoms with van der Waals surface area (Å²) in [7, 11) is -2.41. The Hall–Kier alpha value is -3.27. The number of anilines is 1. The van der Waals surface area contributed by atoms with Crippen molar-refractivity contribution < 1.29 is 22.7 Å². The van der Waals surface area contributed by atoms with Crippen molar-refractivity contribution in [1.82, 2.24) is 10.2 Å². The van der Waals surface area contributed by atoms with E-state index in [1.54, 1.807) is 25.3 Å². The third-order valence-corrected chi connectivity index (χ3v) is 7.96. The molecule has 0 unspecified atom stereocenters. The number of hydrogen-bond donors (Lipinski definition) is 1. The van der Waals surface area contributed by atoms with Gasteiger partial charge in [-0.05, 0) is 47.4 Å². The SMILES string of the molecule is COc1cccc(CN(C(=O)CN(c2ccc(Cl)cc2Cl)S(C)(=O)=O)[C@H](Cc2ccccc2)C(=O)NCC(C)C)c1. The highest BCUT2D eigenvalue weighted by atomic mass is 35.5. The zero-order valence-electron chi connectivity index (χ0n) is 23.5. The van der Waals surface area contributed by atoms with Crippen LogP contribution in [0.5, 0.6) is 5.75 Å². The van der Waals surface area contributed by atoms with Crippen LogP contribution < -0.4 is 14.4 Å². The van der Waals surface area contributed by atoms with E-state index in [1.165, 1.54) is 23.1 Å². The van der Waals surface area contributed by atoms with Crippen LogP contribution in [0.1, 0.15) is 25.0 Å². The van der Waals surface area contributed by atoms with E-state index in [0.717, 1.165) is 16.1 Å². The number of amides is 2. The number of nitrogens with one attached hydrogen (secondary N) is 1. The van der Waals surface area contributed by atoms with E-state index in [1.807, 2.05) is 50.2 Å². The lowest BCUT2D eigenvalue weighted by molar-refractivity contribution is -0.140. The van der Waals surface area contributed by atoms with E-state index in [4.69, 9.17) is 27.9 Å². The molecule has 0 aliphatic heterocycles. The minimum absolute atomic E-state index is 0.0363. The summed E-state index contributed by atoms with van der Waals surface area (Å²) in [6.07, 6.45) is 1.22. The lowest BCUT2D eigenvalue weighted by Crippen LogP contribution is -2.53. The molecule has 41 heavy (non-hydrogen) atoms. The van der Waals surface area contributed by atoms with Gasteiger partial charge in [0.15, 0.2) is 0 Å². The zero-order valence-corrected chi connectivity index (χ0v) is 25.8. The zero-order chi connectivity index (χ0) is 30.2. The first-order valence-corrected chi connectivity index (χ1v) is 15.7. The van der Waals surface area contributed by atoms with Crippen molar-refractivity contribution in [1.29, 1.82) is 0 Å². The number of carbonyl (C=O) groups is 2. The van der Waals surface area contributed by atoms with E-state index in [9.17, 15) is 18.0 Å². The van der Waals surface area contributed by atoms with Gasteiger partial charge >= 0.3 is 0 Å². The summed E-state index contributed by atoms with van der Waals surface area (Å²) in [6, 6.07) is 19.9. The summed E-state index contributed by atoms with van der Waals surface area (Å²) < 4.78 is 32.1. The van der Waals surface area contributed by atoms with Gasteiger partial charge in [0.1, 0.15) is 18.3 Å². The molecule has 8 nitrogen and oxygen atoms in total. The van der Waals surface area contributed by atoms with Crippen LogP contribution in [0, 0.1) is 5.92 Å². The second-order valence-corrected chi connectivity index (χ2v) is 12.8. The highest BCUT2D eigenvalue weighted by molar-refractivity contribution is 7.92. The smallest absolute Gasteiger partial charge is 0.244 e. The van der Waals surface area contributed by atoms with Crippen LogP contribution >= 0.6 is 23.2 Å². The van der Waals surface area contributed by atoms with Gasteiger partial charge in [-0.2, -0.15) is 0 Å². The molecule has 0 bridgehead atoms. The molecule has 3 aromatic carbocycles. The van der Waals surface area contributed by atoms with Crippen LogP contribution in [-0.2, 0) is 32.6 Å². The van der Waals surface area contributed by atoms with Crippen molar-refractivity contribution in [3.63, 3.8) is 0 Å². The number of carbonyl (C=O) groups excluding carboxylic acids is 2. The Labute approximate surface area is 252 Å². The van der Waals surface area contributed by atoms with Crippen molar-refractivity contribution in [2.45, 2.75) is 32.9 Å². The van der Waals surface area contributed by atoms with Gasteiger partial charge in [-0.25, -0.2) is 8.42 Å². The topological polar surface area (TPSA) is 96.0 Å². The van der Waals surface area contributed by atoms with Crippen LogP contribution in [-0.4, -0.2) is 57.6 Å². The van der Waals surface area contributed by atoms with Crippen LogP contribution in [0.2, 0.25) is 10.0 Å². The van der Waals surface area contributed by atoms with Crippen LogP contribution in [0.25, 0.3) is 0 Å². The maximum absolute atomic E-state index is 14.1. The summed E-state index contributed by atoms with van der Waals surface area (Å²) in [4.78, 5) is 29.2. The summed E-state index contributed by atoms with van der Waals surface area (Å²) in [5.74, 6) is -0.143. The Balaban J connectivity index is 2.08. The van der Waals surface area contributed by atoms with E-state index < -0.39 is 28.5 Å². The van der Waals surface area contributed by atoms with E-state index in [-0.39, 0.29) is 35.5 Å². The molecule has 0 aromatic heterocycles. The van der Waals surface area contributed by atoms with Gasteiger partial charge in [0, 0.05) is 24.5 Å². The number of hydrogen-bond acceptors (Lipinski definition) is 5. The molecule has 3 rings (SSSR count). The lowest BCUT2D eigenvalue weighted by atomic mass is 10.0. The molecular weight excluding hydrogens is 585 g/mol. The van der Waals surface area contributed by atoms with E-state index >= 15 is 0 Å². The number of nitrogens with zero attached hydrogens (tertiary/aromatic N) is 2. The lowest BCUT2D eigenvalue weighted by Gasteiger charge is -2.34. The number of benzene rings is 3. The summed E-state index contributed by atoms with van der Waals surface area (Å²) in [5, 5.41) is 3.35. The molecule has 220 valence electrons. The number of methoxy groups -OCH3 is 1. The molecule has 0 aliphatic carbocycles. The molecule has 11 heteroatoms. The fourth-order valence-corrected chi connectivity index (χ4v) is 5.64. The fourth-order valence-electron chi connectivity index (χ4n) is 4.22. The Kier molecular flexibility index (Phi) is 11.5. The Morgan fingerprint density at radius 1 is 0.951 bits per heavy atom. The molecule has 0 saturated heterocycles. The van der Waals surface area contributed by atoms with Gasteiger partial charge < -0.3 is 15.0 Å². The molecule has 1 N–H and O–H groups in total. The molecule has 1 atom stereocenters. The quantitative estimate of drug-likeness (QED) is 0.284. The van der Waals surface area contributed by atoms with Gasteiger partial charge in [0.2, 0.25) is 21.8 Å². The standard InChI is InChI=1S/C30H35Cl2N3O5S/c1-21(2)18-33-30(37)28(16-22-9-6-5-7-10-22)34(19-23-11-8-12-25(15-23)40-3)29(36)20-35(41(4,38)39)27-14-13-24(31)17-26(27)32/h5-15,17,21,28H,16,18-20H2,1-4H3,(H,33,37)/t28-/m1/s1. The summed E-state index contributed by atoms with van der Waals surface area (Å²) >= 11 is 12.4. The number of rotatable bonds is 13. The number of halogens is 2. The van der Waals surface area contributed by atoms with Crippen LogP contribution in [0.15, 0.2) is 72.8 Å². The minimum Gasteiger partial charge on any atom is -0.497 e. The predicted octanol–water partition coefficient (Wildman–Crippen LogP) is 5.18. The van der Waals surface area contributed by atoms with Crippen molar-refractivity contribution in [2.24, 2.45) is 5.92 Å². The van der Waals surface area contributed by atoms with Gasteiger partial charge in [-0.15, -0.1) is 0 Å². The maximum Gasteiger partial charge on any atom is 0.244 e. The molecule has 0 spiro atoms. The average molecular weight is 621 g/mol.